The summed E-state index contributed by atoms with van der Waals surface area (Å²) < 4.78 is 16.8. The maximum Gasteiger partial charge on any atom is 0.277 e. The molecule has 1 N–H and O–H groups in total. The number of hydrogen-bond donors (Lipinski definition) is 1. The standard InChI is InChI=1S/C17H17IN2O4/c1-22-15-8-3-12(9-16(15)23-2)10-19-20-17(21)11-24-14-6-4-13(18)5-7-14/h3-10H,11H2,1-2H3,(H,20,21)/b19-10+. The number of rotatable bonds is 7. The highest BCUT2D eigenvalue weighted by molar-refractivity contribution is 14.1. The van der Waals surface area contributed by atoms with Crippen LogP contribution in [0.25, 0.3) is 0 Å². The third kappa shape index (κ3) is 5.41. The first-order chi connectivity index (χ1) is 11.6. The Bertz CT molecular complexity index is 717. The van der Waals surface area contributed by atoms with Gasteiger partial charge in [0, 0.05) is 3.57 Å². The lowest BCUT2D eigenvalue weighted by Crippen LogP contribution is -2.24. The molecule has 24 heavy (non-hydrogen) atoms. The summed E-state index contributed by atoms with van der Waals surface area (Å²) in [5, 5.41) is 3.90. The summed E-state index contributed by atoms with van der Waals surface area (Å²) >= 11 is 2.20. The van der Waals surface area contributed by atoms with E-state index >= 15 is 0 Å². The van der Waals surface area contributed by atoms with E-state index in [-0.39, 0.29) is 12.5 Å². The van der Waals surface area contributed by atoms with Gasteiger partial charge in [-0.05, 0) is 70.6 Å². The number of benzene rings is 2. The van der Waals surface area contributed by atoms with Gasteiger partial charge in [0.05, 0.1) is 20.4 Å². The van der Waals surface area contributed by atoms with Gasteiger partial charge in [0.1, 0.15) is 5.75 Å². The van der Waals surface area contributed by atoms with E-state index in [1.54, 1.807) is 32.4 Å². The average molecular weight is 440 g/mol. The Morgan fingerprint density at radius 3 is 2.50 bits per heavy atom. The Kier molecular flexibility index (Phi) is 6.86. The highest BCUT2D eigenvalue weighted by Crippen LogP contribution is 2.26. The maximum atomic E-state index is 11.7. The molecular weight excluding hydrogens is 423 g/mol. The molecule has 126 valence electrons. The Morgan fingerprint density at radius 2 is 1.83 bits per heavy atom. The molecule has 0 unspecified atom stereocenters. The van der Waals surface area contributed by atoms with Crippen LogP contribution in [0.5, 0.6) is 17.2 Å². The van der Waals surface area contributed by atoms with Crippen LogP contribution in [-0.2, 0) is 4.79 Å². The molecule has 0 bridgehead atoms. The fourth-order valence-electron chi connectivity index (χ4n) is 1.82. The lowest BCUT2D eigenvalue weighted by molar-refractivity contribution is -0.123. The van der Waals surface area contributed by atoms with E-state index in [2.05, 4.69) is 33.1 Å². The molecule has 0 aliphatic carbocycles. The quantitative estimate of drug-likeness (QED) is 0.409. The Labute approximate surface area is 153 Å². The third-order valence-electron chi connectivity index (χ3n) is 2.99. The van der Waals surface area contributed by atoms with Gasteiger partial charge in [0.2, 0.25) is 0 Å². The van der Waals surface area contributed by atoms with Crippen molar-refractivity contribution in [2.45, 2.75) is 0 Å². The van der Waals surface area contributed by atoms with Crippen molar-refractivity contribution in [3.05, 3.63) is 51.6 Å². The van der Waals surface area contributed by atoms with Gasteiger partial charge in [0.25, 0.3) is 5.91 Å². The lowest BCUT2D eigenvalue weighted by atomic mass is 10.2. The first-order valence-electron chi connectivity index (χ1n) is 7.04. The molecule has 0 heterocycles. The van der Waals surface area contributed by atoms with Crippen LogP contribution >= 0.6 is 22.6 Å². The van der Waals surface area contributed by atoms with Crippen LogP contribution in [0.4, 0.5) is 0 Å². The van der Waals surface area contributed by atoms with E-state index in [1.807, 2.05) is 24.3 Å². The maximum absolute atomic E-state index is 11.7. The largest absolute Gasteiger partial charge is 0.493 e. The molecule has 6 nitrogen and oxygen atoms in total. The molecule has 2 aromatic rings. The number of hydrazone groups is 1. The molecule has 0 aromatic heterocycles. The Hall–Kier alpha value is -2.29. The van der Waals surface area contributed by atoms with E-state index in [0.717, 1.165) is 9.13 Å². The van der Waals surface area contributed by atoms with E-state index in [4.69, 9.17) is 14.2 Å². The van der Waals surface area contributed by atoms with Crippen LogP contribution in [0.2, 0.25) is 0 Å². The van der Waals surface area contributed by atoms with Crippen molar-refractivity contribution < 1.29 is 19.0 Å². The van der Waals surface area contributed by atoms with E-state index < -0.39 is 0 Å². The molecule has 0 saturated heterocycles. The van der Waals surface area contributed by atoms with Gasteiger partial charge in [-0.2, -0.15) is 5.10 Å². The number of carbonyl (C=O) groups is 1. The lowest BCUT2D eigenvalue weighted by Gasteiger charge is -2.07. The summed E-state index contributed by atoms with van der Waals surface area (Å²) in [6, 6.07) is 12.8. The van der Waals surface area contributed by atoms with Gasteiger partial charge in [-0.15, -0.1) is 0 Å². The molecule has 0 saturated carbocycles. The molecular formula is C17H17IN2O4. The van der Waals surface area contributed by atoms with Crippen molar-refractivity contribution in [1.82, 2.24) is 5.43 Å². The molecule has 7 heteroatoms. The van der Waals surface area contributed by atoms with Crippen LogP contribution in [-0.4, -0.2) is 32.9 Å². The predicted octanol–water partition coefficient (Wildman–Crippen LogP) is 2.84. The van der Waals surface area contributed by atoms with Crippen LogP contribution in [0.1, 0.15) is 5.56 Å². The van der Waals surface area contributed by atoms with E-state index in [1.165, 1.54) is 6.21 Å². The van der Waals surface area contributed by atoms with E-state index in [9.17, 15) is 4.79 Å². The number of nitrogens with zero attached hydrogens (tertiary/aromatic N) is 1. The number of nitrogens with one attached hydrogen (secondary N) is 1. The minimum atomic E-state index is -0.342. The fourth-order valence-corrected chi connectivity index (χ4v) is 2.18. The molecule has 0 radical (unpaired) electrons. The SMILES string of the molecule is COc1ccc(/C=N/NC(=O)COc2ccc(I)cc2)cc1OC. The Balaban J connectivity index is 1.84. The minimum Gasteiger partial charge on any atom is -0.493 e. The van der Waals surface area contributed by atoms with Crippen molar-refractivity contribution in [2.24, 2.45) is 5.10 Å². The number of halogens is 1. The van der Waals surface area contributed by atoms with Crippen molar-refractivity contribution in [2.75, 3.05) is 20.8 Å². The third-order valence-corrected chi connectivity index (χ3v) is 3.71. The van der Waals surface area contributed by atoms with E-state index in [0.29, 0.717) is 17.2 Å². The second-order valence-electron chi connectivity index (χ2n) is 4.65. The number of methoxy groups -OCH3 is 2. The number of hydrogen-bond acceptors (Lipinski definition) is 5. The second kappa shape index (κ2) is 9.11. The van der Waals surface area contributed by atoms with Gasteiger partial charge < -0.3 is 14.2 Å². The van der Waals surface area contributed by atoms with Crippen molar-refractivity contribution in [1.29, 1.82) is 0 Å². The molecule has 1 amide bonds. The fraction of sp³-hybridized carbons (Fsp3) is 0.176. The summed E-state index contributed by atoms with van der Waals surface area (Å²) in [5.41, 5.74) is 3.18. The molecule has 0 aliphatic heterocycles. The zero-order valence-corrected chi connectivity index (χ0v) is 15.4. The summed E-state index contributed by atoms with van der Waals surface area (Å²) in [7, 11) is 3.13. The van der Waals surface area contributed by atoms with Gasteiger partial charge in [-0.25, -0.2) is 5.43 Å². The topological polar surface area (TPSA) is 69.2 Å². The zero-order valence-electron chi connectivity index (χ0n) is 13.3. The Morgan fingerprint density at radius 1 is 1.12 bits per heavy atom. The first-order valence-corrected chi connectivity index (χ1v) is 8.12. The molecule has 0 fully saturated rings. The molecule has 2 rings (SSSR count). The summed E-state index contributed by atoms with van der Waals surface area (Å²) in [6.45, 7) is -0.107. The molecule has 2 aromatic carbocycles. The zero-order chi connectivity index (χ0) is 17.4. The minimum absolute atomic E-state index is 0.107. The summed E-state index contributed by atoms with van der Waals surface area (Å²) in [5.74, 6) is 1.51. The van der Waals surface area contributed by atoms with Crippen LogP contribution < -0.4 is 19.6 Å². The van der Waals surface area contributed by atoms with Crippen LogP contribution in [0, 0.1) is 3.57 Å². The highest BCUT2D eigenvalue weighted by atomic mass is 127. The van der Waals surface area contributed by atoms with Gasteiger partial charge >= 0.3 is 0 Å². The van der Waals surface area contributed by atoms with Gasteiger partial charge in [0.15, 0.2) is 18.1 Å². The van der Waals surface area contributed by atoms with Crippen LogP contribution in [0.15, 0.2) is 47.6 Å². The number of carbonyl (C=O) groups excluding carboxylic acids is 1. The normalized spacial score (nSPS) is 10.5. The number of ether oxygens (including phenoxy) is 3. The highest BCUT2D eigenvalue weighted by Gasteiger charge is 2.04. The number of amides is 1. The molecule has 0 atom stereocenters. The smallest absolute Gasteiger partial charge is 0.277 e. The van der Waals surface area contributed by atoms with Crippen molar-refractivity contribution >= 4 is 34.7 Å². The van der Waals surface area contributed by atoms with Gasteiger partial charge in [-0.1, -0.05) is 0 Å². The molecule has 0 aliphatic rings. The first kappa shape index (κ1) is 18.1. The summed E-state index contributed by atoms with van der Waals surface area (Å²) in [6.07, 6.45) is 1.52. The van der Waals surface area contributed by atoms with Crippen LogP contribution in [0.3, 0.4) is 0 Å². The summed E-state index contributed by atoms with van der Waals surface area (Å²) in [4.78, 5) is 11.7. The monoisotopic (exact) mass is 440 g/mol. The second-order valence-corrected chi connectivity index (χ2v) is 5.90. The average Bonchev–Trinajstić information content (AvgIpc) is 2.61. The molecule has 0 spiro atoms. The van der Waals surface area contributed by atoms with Crippen molar-refractivity contribution in [3.8, 4) is 17.2 Å². The van der Waals surface area contributed by atoms with Gasteiger partial charge in [-0.3, -0.25) is 4.79 Å². The van der Waals surface area contributed by atoms with Crippen molar-refractivity contribution in [3.63, 3.8) is 0 Å². The predicted molar refractivity (Wildman–Crippen MR) is 99.9 cm³/mol.